The smallest absolute Gasteiger partial charge is 0.326 e. The number of anilines is 1. The molecule has 2 aromatic rings. The lowest BCUT2D eigenvalue weighted by atomic mass is 9.93. The maximum Gasteiger partial charge on any atom is 0.326 e. The number of benzene rings is 2. The maximum absolute atomic E-state index is 13.3. The Balaban J connectivity index is 1.73. The highest BCUT2D eigenvalue weighted by Gasteiger charge is 2.37. The van der Waals surface area contributed by atoms with Crippen LogP contribution in [0.25, 0.3) is 0 Å². The van der Waals surface area contributed by atoms with Gasteiger partial charge >= 0.3 is 5.97 Å². The van der Waals surface area contributed by atoms with E-state index in [9.17, 15) is 19.5 Å². The van der Waals surface area contributed by atoms with Gasteiger partial charge in [-0.2, -0.15) is 0 Å². The molecule has 2 aliphatic heterocycles. The minimum atomic E-state index is -1.05. The maximum atomic E-state index is 13.3. The first kappa shape index (κ1) is 17.1. The number of hydrogen-bond acceptors (Lipinski definition) is 4. The summed E-state index contributed by atoms with van der Waals surface area (Å²) in [5.74, 6) is -1.50. The lowest BCUT2D eigenvalue weighted by Crippen LogP contribution is -2.49. The van der Waals surface area contributed by atoms with Gasteiger partial charge < -0.3 is 20.1 Å². The largest absolute Gasteiger partial charge is 0.480 e. The molecule has 7 nitrogen and oxygen atoms in total. The predicted octanol–water partition coefficient (Wildman–Crippen LogP) is 2.06. The quantitative estimate of drug-likeness (QED) is 0.848. The third-order valence-electron chi connectivity index (χ3n) is 4.96. The minimum absolute atomic E-state index is 0.206. The van der Waals surface area contributed by atoms with E-state index in [0.717, 1.165) is 11.1 Å². The molecule has 0 radical (unpaired) electrons. The lowest BCUT2D eigenvalue weighted by Gasteiger charge is -2.35. The Kier molecular flexibility index (Phi) is 4.07. The summed E-state index contributed by atoms with van der Waals surface area (Å²) in [4.78, 5) is 38.2. The van der Waals surface area contributed by atoms with Gasteiger partial charge in [0.15, 0.2) is 11.9 Å². The normalized spacial score (nSPS) is 20.8. The Morgan fingerprint density at radius 3 is 2.63 bits per heavy atom. The van der Waals surface area contributed by atoms with Crippen molar-refractivity contribution in [3.8, 4) is 5.75 Å². The molecular formula is C20H18N2O5. The van der Waals surface area contributed by atoms with Crippen molar-refractivity contribution in [1.82, 2.24) is 4.90 Å². The van der Waals surface area contributed by atoms with Crippen LogP contribution in [0.1, 0.15) is 28.4 Å². The average Bonchev–Trinajstić information content (AvgIpc) is 2.67. The second kappa shape index (κ2) is 6.42. The number of fused-ring (bicyclic) bond motifs is 2. The summed E-state index contributed by atoms with van der Waals surface area (Å²) in [6, 6.07) is 11.4. The molecule has 138 valence electrons. The molecule has 0 aliphatic carbocycles. The topological polar surface area (TPSA) is 95.9 Å². The number of carboxylic acid groups (broad SMARTS) is 1. The summed E-state index contributed by atoms with van der Waals surface area (Å²) < 4.78 is 5.65. The summed E-state index contributed by atoms with van der Waals surface area (Å²) in [5, 5.41) is 12.4. The Labute approximate surface area is 155 Å². The molecule has 4 rings (SSSR count). The molecule has 0 bridgehead atoms. The van der Waals surface area contributed by atoms with Crippen molar-refractivity contribution in [2.45, 2.75) is 32.0 Å². The molecule has 2 N–H and O–H groups in total. The molecule has 2 aromatic carbocycles. The number of carbonyl (C=O) groups is 3. The molecule has 0 fully saturated rings. The molecule has 27 heavy (non-hydrogen) atoms. The number of para-hydroxylation sites is 1. The Bertz CT molecular complexity index is 955. The van der Waals surface area contributed by atoms with Crippen LogP contribution in [0.4, 0.5) is 5.69 Å². The molecule has 0 saturated carbocycles. The molecule has 2 amide bonds. The second-order valence-corrected chi connectivity index (χ2v) is 6.69. The predicted molar refractivity (Wildman–Crippen MR) is 96.6 cm³/mol. The van der Waals surface area contributed by atoms with Crippen LogP contribution in [0, 0.1) is 0 Å². The molecule has 2 atom stereocenters. The van der Waals surface area contributed by atoms with Crippen LogP contribution in [-0.4, -0.2) is 39.9 Å². The first-order valence-corrected chi connectivity index (χ1v) is 8.67. The third kappa shape index (κ3) is 2.91. The number of carboxylic acids is 1. The third-order valence-corrected chi connectivity index (χ3v) is 4.96. The minimum Gasteiger partial charge on any atom is -0.480 e. The van der Waals surface area contributed by atoms with Crippen molar-refractivity contribution in [2.24, 2.45) is 0 Å². The van der Waals surface area contributed by atoms with Gasteiger partial charge in [0.2, 0.25) is 0 Å². The summed E-state index contributed by atoms with van der Waals surface area (Å²) in [6.07, 6.45) is -0.482. The highest BCUT2D eigenvalue weighted by Crippen LogP contribution is 2.35. The molecule has 0 unspecified atom stereocenters. The number of nitrogens with one attached hydrogen (secondary N) is 1. The van der Waals surface area contributed by atoms with E-state index in [4.69, 9.17) is 4.74 Å². The fraction of sp³-hybridized carbons (Fsp3) is 0.250. The fourth-order valence-electron chi connectivity index (χ4n) is 3.51. The van der Waals surface area contributed by atoms with Gasteiger partial charge in [0.25, 0.3) is 11.8 Å². The number of amides is 2. The lowest BCUT2D eigenvalue weighted by molar-refractivity contribution is -0.142. The standard InChI is InChI=1S/C20H18N2O5/c1-11-18(23)21-15-8-4-7-14(17(15)27-11)19(24)22-10-13-6-3-2-5-12(13)9-16(22)20(25)26/h2-8,11,16H,9-10H2,1H3,(H,21,23)(H,25,26)/t11-,16+/m1/s1. The fourth-order valence-corrected chi connectivity index (χ4v) is 3.51. The average molecular weight is 366 g/mol. The summed E-state index contributed by atoms with van der Waals surface area (Å²) in [6.45, 7) is 1.80. The molecular weight excluding hydrogens is 348 g/mol. The zero-order valence-corrected chi connectivity index (χ0v) is 14.6. The zero-order valence-electron chi connectivity index (χ0n) is 14.6. The SMILES string of the molecule is C[C@H]1Oc2c(cccc2C(=O)N2Cc3ccccc3C[C@H]2C(=O)O)NC1=O. The van der Waals surface area contributed by atoms with Crippen LogP contribution in [-0.2, 0) is 22.6 Å². The summed E-state index contributed by atoms with van der Waals surface area (Å²) in [5.41, 5.74) is 2.51. The molecule has 0 saturated heterocycles. The summed E-state index contributed by atoms with van der Waals surface area (Å²) >= 11 is 0. The van der Waals surface area contributed by atoms with Gasteiger partial charge in [0.1, 0.15) is 6.04 Å². The summed E-state index contributed by atoms with van der Waals surface area (Å²) in [7, 11) is 0. The zero-order chi connectivity index (χ0) is 19.1. The Morgan fingerprint density at radius 2 is 1.89 bits per heavy atom. The van der Waals surface area contributed by atoms with Crippen molar-refractivity contribution < 1.29 is 24.2 Å². The van der Waals surface area contributed by atoms with Crippen molar-refractivity contribution in [1.29, 1.82) is 0 Å². The van der Waals surface area contributed by atoms with Crippen LogP contribution in [0.2, 0.25) is 0 Å². The van der Waals surface area contributed by atoms with E-state index >= 15 is 0 Å². The van der Waals surface area contributed by atoms with E-state index in [1.165, 1.54) is 4.90 Å². The van der Waals surface area contributed by atoms with Crippen LogP contribution in [0.15, 0.2) is 42.5 Å². The van der Waals surface area contributed by atoms with E-state index in [-0.39, 0.29) is 30.2 Å². The van der Waals surface area contributed by atoms with Gasteiger partial charge in [-0.15, -0.1) is 0 Å². The first-order valence-electron chi connectivity index (χ1n) is 8.67. The molecule has 2 aliphatic rings. The first-order chi connectivity index (χ1) is 13.0. The molecule has 0 spiro atoms. The number of nitrogens with zero attached hydrogens (tertiary/aromatic N) is 1. The Morgan fingerprint density at radius 1 is 1.15 bits per heavy atom. The van der Waals surface area contributed by atoms with E-state index < -0.39 is 24.0 Å². The van der Waals surface area contributed by atoms with Crippen molar-refractivity contribution in [2.75, 3.05) is 5.32 Å². The molecule has 0 aromatic heterocycles. The van der Waals surface area contributed by atoms with Crippen LogP contribution >= 0.6 is 0 Å². The number of ether oxygens (including phenoxy) is 1. The monoisotopic (exact) mass is 366 g/mol. The van der Waals surface area contributed by atoms with Crippen molar-refractivity contribution in [3.63, 3.8) is 0 Å². The van der Waals surface area contributed by atoms with E-state index in [1.807, 2.05) is 24.3 Å². The Hall–Kier alpha value is -3.35. The van der Waals surface area contributed by atoms with Gasteiger partial charge in [-0.1, -0.05) is 30.3 Å². The van der Waals surface area contributed by atoms with Gasteiger partial charge in [-0.3, -0.25) is 9.59 Å². The number of aliphatic carboxylic acids is 1. The van der Waals surface area contributed by atoms with Crippen molar-refractivity contribution in [3.05, 3.63) is 59.2 Å². The van der Waals surface area contributed by atoms with Gasteiger partial charge in [0, 0.05) is 13.0 Å². The van der Waals surface area contributed by atoms with Crippen LogP contribution in [0.5, 0.6) is 5.75 Å². The number of hydrogen-bond donors (Lipinski definition) is 2. The second-order valence-electron chi connectivity index (χ2n) is 6.69. The molecule has 7 heteroatoms. The van der Waals surface area contributed by atoms with E-state index in [0.29, 0.717) is 5.69 Å². The van der Waals surface area contributed by atoms with E-state index in [1.54, 1.807) is 25.1 Å². The highest BCUT2D eigenvalue weighted by atomic mass is 16.5. The van der Waals surface area contributed by atoms with Gasteiger partial charge in [-0.05, 0) is 30.2 Å². The van der Waals surface area contributed by atoms with Gasteiger partial charge in [-0.25, -0.2) is 4.79 Å². The number of rotatable bonds is 2. The van der Waals surface area contributed by atoms with Crippen molar-refractivity contribution >= 4 is 23.5 Å². The highest BCUT2D eigenvalue weighted by molar-refractivity contribution is 6.04. The van der Waals surface area contributed by atoms with E-state index in [2.05, 4.69) is 5.32 Å². The molecule has 2 heterocycles. The van der Waals surface area contributed by atoms with Gasteiger partial charge in [0.05, 0.1) is 11.3 Å². The van der Waals surface area contributed by atoms with Crippen LogP contribution < -0.4 is 10.1 Å². The number of carbonyl (C=O) groups excluding carboxylic acids is 2. The van der Waals surface area contributed by atoms with Crippen LogP contribution in [0.3, 0.4) is 0 Å².